The number of nitrogens with two attached hydrogens (primary N) is 1. The van der Waals surface area contributed by atoms with E-state index < -0.39 is 20.0 Å². The van der Waals surface area contributed by atoms with Gasteiger partial charge in [0, 0.05) is 5.02 Å². The van der Waals surface area contributed by atoms with Crippen molar-refractivity contribution in [3.8, 4) is 0 Å². The SMILES string of the molecule is NS(=O)(=O)c1ccc(S(=O)(=O)Nc2cc(Cl)ccc2Cl)cc1. The molecule has 0 heterocycles. The molecule has 0 amide bonds. The maximum atomic E-state index is 12.2. The Morgan fingerprint density at radius 2 is 1.41 bits per heavy atom. The minimum atomic E-state index is -3.94. The Morgan fingerprint density at radius 3 is 1.95 bits per heavy atom. The molecule has 0 aromatic heterocycles. The Hall–Kier alpha value is -1.32. The van der Waals surface area contributed by atoms with Gasteiger partial charge in [0.15, 0.2) is 0 Å². The van der Waals surface area contributed by atoms with Crippen LogP contribution in [0.25, 0.3) is 0 Å². The lowest BCUT2D eigenvalue weighted by atomic mass is 10.3. The highest BCUT2D eigenvalue weighted by molar-refractivity contribution is 7.92. The fourth-order valence-corrected chi connectivity index (χ4v) is 3.57. The molecule has 2 aromatic rings. The van der Waals surface area contributed by atoms with Gasteiger partial charge >= 0.3 is 0 Å². The number of hydrogen-bond donors (Lipinski definition) is 2. The van der Waals surface area contributed by atoms with Crippen LogP contribution in [0.5, 0.6) is 0 Å². The number of benzene rings is 2. The van der Waals surface area contributed by atoms with Gasteiger partial charge in [-0.1, -0.05) is 23.2 Å². The molecule has 0 radical (unpaired) electrons. The number of hydrogen-bond acceptors (Lipinski definition) is 4. The van der Waals surface area contributed by atoms with Gasteiger partial charge in [0.25, 0.3) is 10.0 Å². The molecule has 0 aliphatic carbocycles. The van der Waals surface area contributed by atoms with E-state index >= 15 is 0 Å². The molecule has 0 atom stereocenters. The molecule has 0 unspecified atom stereocenters. The van der Waals surface area contributed by atoms with Gasteiger partial charge < -0.3 is 0 Å². The monoisotopic (exact) mass is 380 g/mol. The Morgan fingerprint density at radius 1 is 0.864 bits per heavy atom. The molecule has 2 rings (SSSR count). The maximum Gasteiger partial charge on any atom is 0.261 e. The van der Waals surface area contributed by atoms with Gasteiger partial charge in [-0.05, 0) is 42.5 Å². The van der Waals surface area contributed by atoms with Crippen molar-refractivity contribution in [2.45, 2.75) is 9.79 Å². The van der Waals surface area contributed by atoms with Crippen LogP contribution in [-0.2, 0) is 20.0 Å². The fraction of sp³-hybridized carbons (Fsp3) is 0. The maximum absolute atomic E-state index is 12.2. The van der Waals surface area contributed by atoms with E-state index in [-0.39, 0.29) is 20.5 Å². The lowest BCUT2D eigenvalue weighted by Gasteiger charge is -2.10. The normalized spacial score (nSPS) is 12.1. The van der Waals surface area contributed by atoms with Crippen LogP contribution < -0.4 is 9.86 Å². The topological polar surface area (TPSA) is 106 Å². The van der Waals surface area contributed by atoms with Crippen LogP contribution in [0.2, 0.25) is 10.0 Å². The van der Waals surface area contributed by atoms with E-state index in [1.165, 1.54) is 18.2 Å². The molecule has 0 saturated heterocycles. The molecule has 3 N–H and O–H groups in total. The first kappa shape index (κ1) is 17.0. The van der Waals surface area contributed by atoms with E-state index in [0.717, 1.165) is 24.3 Å². The summed E-state index contributed by atoms with van der Waals surface area (Å²) in [5.74, 6) is 0. The van der Waals surface area contributed by atoms with E-state index in [1.54, 1.807) is 0 Å². The smallest absolute Gasteiger partial charge is 0.261 e. The van der Waals surface area contributed by atoms with Gasteiger partial charge in [-0.2, -0.15) is 0 Å². The quantitative estimate of drug-likeness (QED) is 0.848. The lowest BCUT2D eigenvalue weighted by molar-refractivity contribution is 0.595. The van der Waals surface area contributed by atoms with Crippen LogP contribution in [0.3, 0.4) is 0 Å². The highest BCUT2D eigenvalue weighted by Gasteiger charge is 2.17. The summed E-state index contributed by atoms with van der Waals surface area (Å²) in [6, 6.07) is 8.78. The molecule has 0 aliphatic rings. The predicted octanol–water partition coefficient (Wildman–Crippen LogP) is 2.44. The lowest BCUT2D eigenvalue weighted by Crippen LogP contribution is -2.15. The Bertz CT molecular complexity index is 911. The average molecular weight is 381 g/mol. The Labute approximate surface area is 138 Å². The summed E-state index contributed by atoms with van der Waals surface area (Å²) in [6.07, 6.45) is 0. The second-order valence-electron chi connectivity index (χ2n) is 4.25. The molecule has 0 aliphatic heterocycles. The minimum Gasteiger partial charge on any atom is -0.278 e. The molecule has 118 valence electrons. The number of halogens is 2. The predicted molar refractivity (Wildman–Crippen MR) is 85.1 cm³/mol. The van der Waals surface area contributed by atoms with Crippen molar-refractivity contribution in [3.05, 3.63) is 52.5 Å². The summed E-state index contributed by atoms with van der Waals surface area (Å²) in [5.41, 5.74) is 0.115. The van der Waals surface area contributed by atoms with E-state index in [1.807, 2.05) is 0 Å². The minimum absolute atomic E-state index is 0.115. The van der Waals surface area contributed by atoms with Crippen molar-refractivity contribution >= 4 is 48.9 Å². The second kappa shape index (κ2) is 6.05. The third-order valence-corrected chi connectivity index (χ3v) is 5.51. The zero-order chi connectivity index (χ0) is 16.5. The molecule has 0 spiro atoms. The first-order chi connectivity index (χ1) is 10.1. The van der Waals surface area contributed by atoms with Gasteiger partial charge in [-0.25, -0.2) is 22.0 Å². The zero-order valence-corrected chi connectivity index (χ0v) is 14.0. The summed E-state index contributed by atoms with van der Waals surface area (Å²) in [4.78, 5) is -0.330. The molecule has 0 bridgehead atoms. The van der Waals surface area contributed by atoms with Gasteiger partial charge in [-0.3, -0.25) is 4.72 Å². The van der Waals surface area contributed by atoms with Crippen LogP contribution in [-0.4, -0.2) is 16.8 Å². The van der Waals surface area contributed by atoms with Crippen molar-refractivity contribution < 1.29 is 16.8 Å². The van der Waals surface area contributed by atoms with Gasteiger partial charge in [0.2, 0.25) is 10.0 Å². The summed E-state index contributed by atoms with van der Waals surface area (Å²) in [7, 11) is -7.83. The van der Waals surface area contributed by atoms with E-state index in [2.05, 4.69) is 4.72 Å². The summed E-state index contributed by atoms with van der Waals surface area (Å²) < 4.78 is 49.0. The van der Waals surface area contributed by atoms with Crippen molar-refractivity contribution in [3.63, 3.8) is 0 Å². The van der Waals surface area contributed by atoms with Gasteiger partial charge in [0.05, 0.1) is 20.5 Å². The average Bonchev–Trinajstić information content (AvgIpc) is 2.42. The number of rotatable bonds is 4. The molecule has 10 heteroatoms. The highest BCUT2D eigenvalue weighted by atomic mass is 35.5. The molecular weight excluding hydrogens is 371 g/mol. The zero-order valence-electron chi connectivity index (χ0n) is 10.8. The summed E-state index contributed by atoms with van der Waals surface area (Å²) in [5, 5.41) is 5.44. The molecule has 2 aromatic carbocycles. The van der Waals surface area contributed by atoms with Gasteiger partial charge in [-0.15, -0.1) is 0 Å². The number of primary sulfonamides is 1. The summed E-state index contributed by atoms with van der Waals surface area (Å²) in [6.45, 7) is 0. The fourth-order valence-electron chi connectivity index (χ4n) is 1.59. The highest BCUT2D eigenvalue weighted by Crippen LogP contribution is 2.27. The number of anilines is 1. The largest absolute Gasteiger partial charge is 0.278 e. The Kier molecular flexibility index (Phi) is 4.69. The second-order valence-corrected chi connectivity index (χ2v) is 8.33. The van der Waals surface area contributed by atoms with Crippen molar-refractivity contribution in [2.24, 2.45) is 5.14 Å². The third-order valence-electron chi connectivity index (χ3n) is 2.64. The van der Waals surface area contributed by atoms with Crippen LogP contribution >= 0.6 is 23.2 Å². The van der Waals surface area contributed by atoms with E-state index in [4.69, 9.17) is 28.3 Å². The van der Waals surface area contributed by atoms with Crippen LogP contribution in [0.4, 0.5) is 5.69 Å². The van der Waals surface area contributed by atoms with Crippen LogP contribution in [0.15, 0.2) is 52.3 Å². The molecule has 0 fully saturated rings. The first-order valence-electron chi connectivity index (χ1n) is 5.70. The third kappa shape index (κ3) is 3.90. The van der Waals surface area contributed by atoms with E-state index in [0.29, 0.717) is 5.02 Å². The van der Waals surface area contributed by atoms with Crippen molar-refractivity contribution in [1.82, 2.24) is 0 Å². The first-order valence-corrected chi connectivity index (χ1v) is 9.49. The summed E-state index contributed by atoms with van der Waals surface area (Å²) >= 11 is 11.7. The Balaban J connectivity index is 2.37. The van der Waals surface area contributed by atoms with E-state index in [9.17, 15) is 16.8 Å². The standard InChI is InChI=1S/C12H10Cl2N2O4S2/c13-8-1-6-11(14)12(7-8)16-22(19,20)10-4-2-9(3-5-10)21(15,17)18/h1-7,16H,(H2,15,17,18). The van der Waals surface area contributed by atoms with Crippen LogP contribution in [0.1, 0.15) is 0 Å². The number of nitrogens with one attached hydrogen (secondary N) is 1. The van der Waals surface area contributed by atoms with Crippen LogP contribution in [0, 0.1) is 0 Å². The molecule has 0 saturated carbocycles. The molecular formula is C12H10Cl2N2O4S2. The molecule has 22 heavy (non-hydrogen) atoms. The molecule has 6 nitrogen and oxygen atoms in total. The van der Waals surface area contributed by atoms with Crippen molar-refractivity contribution in [1.29, 1.82) is 0 Å². The van der Waals surface area contributed by atoms with Crippen molar-refractivity contribution in [2.75, 3.05) is 4.72 Å². The number of sulfonamides is 2. The van der Waals surface area contributed by atoms with Gasteiger partial charge in [0.1, 0.15) is 0 Å².